The summed E-state index contributed by atoms with van der Waals surface area (Å²) in [5.74, 6) is 3.74. The van der Waals surface area contributed by atoms with Crippen molar-refractivity contribution in [2.75, 3.05) is 38.2 Å². The minimum atomic E-state index is 0.463. The fourth-order valence-electron chi connectivity index (χ4n) is 2.83. The van der Waals surface area contributed by atoms with Gasteiger partial charge in [0.1, 0.15) is 0 Å². The highest BCUT2D eigenvalue weighted by atomic mass is 32.2. The summed E-state index contributed by atoms with van der Waals surface area (Å²) in [5.41, 5.74) is 0. The maximum atomic E-state index is 4.45. The molecule has 1 aromatic rings. The third kappa shape index (κ3) is 4.53. The maximum absolute atomic E-state index is 4.45. The van der Waals surface area contributed by atoms with E-state index < -0.39 is 0 Å². The topological polar surface area (TPSA) is 45.5 Å². The van der Waals surface area contributed by atoms with Crippen molar-refractivity contribution in [1.29, 1.82) is 0 Å². The van der Waals surface area contributed by atoms with Gasteiger partial charge in [-0.05, 0) is 12.3 Å². The molecule has 1 N–H and O–H groups in total. The van der Waals surface area contributed by atoms with Crippen LogP contribution in [0.25, 0.3) is 0 Å². The molecule has 2 atom stereocenters. The molecular weight excluding hydrogens is 294 g/mol. The highest BCUT2D eigenvalue weighted by Gasteiger charge is 2.28. The third-order valence-electron chi connectivity index (χ3n) is 4.10. The summed E-state index contributed by atoms with van der Waals surface area (Å²) in [6.45, 7) is 9.05. The Balaban J connectivity index is 1.88. The summed E-state index contributed by atoms with van der Waals surface area (Å²) in [6.07, 6.45) is 8.96. The molecule has 122 valence electrons. The van der Waals surface area contributed by atoms with Crippen molar-refractivity contribution in [3.8, 4) is 0 Å². The highest BCUT2D eigenvalue weighted by Crippen LogP contribution is 2.27. The second-order valence-electron chi connectivity index (χ2n) is 5.63. The normalized spacial score (nSPS) is 22.6. The molecule has 1 aliphatic rings. The lowest BCUT2D eigenvalue weighted by molar-refractivity contribution is 0.189. The first-order valence-corrected chi connectivity index (χ1v) is 9.03. The van der Waals surface area contributed by atoms with E-state index >= 15 is 0 Å². The van der Waals surface area contributed by atoms with Crippen LogP contribution in [0.4, 0.5) is 0 Å². The zero-order valence-corrected chi connectivity index (χ0v) is 14.4. The maximum Gasteiger partial charge on any atom is 0.193 e. The van der Waals surface area contributed by atoms with Gasteiger partial charge in [0.2, 0.25) is 0 Å². The molecule has 2 rings (SSSR count). The van der Waals surface area contributed by atoms with Crippen molar-refractivity contribution >= 4 is 17.7 Å². The van der Waals surface area contributed by atoms with Crippen LogP contribution in [-0.4, -0.2) is 58.6 Å². The van der Waals surface area contributed by atoms with Crippen LogP contribution >= 0.6 is 11.8 Å². The minimum Gasteiger partial charge on any atom is -0.355 e. The zero-order valence-electron chi connectivity index (χ0n) is 13.6. The average Bonchev–Trinajstić information content (AvgIpc) is 3.06. The number of hydrogen-bond acceptors (Lipinski definition) is 3. The molecule has 0 aliphatic carbocycles. The Morgan fingerprint density at radius 2 is 2.45 bits per heavy atom. The van der Waals surface area contributed by atoms with Gasteiger partial charge in [0.05, 0.1) is 12.4 Å². The number of hydrogen-bond donors (Lipinski definition) is 1. The van der Waals surface area contributed by atoms with E-state index in [0.29, 0.717) is 12.0 Å². The molecule has 22 heavy (non-hydrogen) atoms. The number of guanidine groups is 1. The Morgan fingerprint density at radius 3 is 3.14 bits per heavy atom. The van der Waals surface area contributed by atoms with E-state index in [9.17, 15) is 0 Å². The van der Waals surface area contributed by atoms with Crippen LogP contribution in [0, 0.1) is 5.92 Å². The molecule has 0 amide bonds. The zero-order chi connectivity index (χ0) is 15.8. The Bertz CT molecular complexity index is 471. The van der Waals surface area contributed by atoms with Gasteiger partial charge in [-0.15, -0.1) is 6.58 Å². The number of aromatic nitrogens is 2. The summed E-state index contributed by atoms with van der Waals surface area (Å²) >= 11 is 1.88. The van der Waals surface area contributed by atoms with Crippen molar-refractivity contribution in [2.45, 2.75) is 19.4 Å². The van der Waals surface area contributed by atoms with Gasteiger partial charge in [-0.3, -0.25) is 4.99 Å². The van der Waals surface area contributed by atoms with Gasteiger partial charge < -0.3 is 14.8 Å². The Morgan fingerprint density at radius 1 is 1.59 bits per heavy atom. The molecule has 1 saturated heterocycles. The van der Waals surface area contributed by atoms with E-state index in [2.05, 4.69) is 44.5 Å². The van der Waals surface area contributed by atoms with E-state index in [1.807, 2.05) is 37.4 Å². The molecule has 6 heteroatoms. The van der Waals surface area contributed by atoms with Crippen molar-refractivity contribution in [3.63, 3.8) is 0 Å². The van der Waals surface area contributed by atoms with Gasteiger partial charge in [0, 0.05) is 50.6 Å². The van der Waals surface area contributed by atoms with Gasteiger partial charge in [-0.2, -0.15) is 11.8 Å². The largest absolute Gasteiger partial charge is 0.355 e. The van der Waals surface area contributed by atoms with E-state index in [0.717, 1.165) is 37.1 Å². The number of thioether (sulfide) groups is 1. The second kappa shape index (κ2) is 8.88. The first kappa shape index (κ1) is 16.9. The Hall–Kier alpha value is -1.43. The fraction of sp³-hybridized carbons (Fsp3) is 0.625. The van der Waals surface area contributed by atoms with Crippen LogP contribution in [0.1, 0.15) is 19.4 Å². The molecule has 2 unspecified atom stereocenters. The van der Waals surface area contributed by atoms with Gasteiger partial charge in [0.15, 0.2) is 5.96 Å². The molecular formula is C16H27N5S. The highest BCUT2D eigenvalue weighted by molar-refractivity contribution is 7.99. The molecule has 1 aromatic heterocycles. The van der Waals surface area contributed by atoms with Crippen LogP contribution in [0.2, 0.25) is 0 Å². The van der Waals surface area contributed by atoms with Crippen LogP contribution in [0.5, 0.6) is 0 Å². The number of rotatable bonds is 6. The average molecular weight is 321 g/mol. The van der Waals surface area contributed by atoms with Crippen molar-refractivity contribution in [1.82, 2.24) is 19.8 Å². The first-order chi connectivity index (χ1) is 10.8. The molecule has 0 aromatic carbocycles. The third-order valence-corrected chi connectivity index (χ3v) is 5.07. The summed E-state index contributed by atoms with van der Waals surface area (Å²) in [7, 11) is 1.86. The lowest BCUT2D eigenvalue weighted by Gasteiger charge is -2.39. The van der Waals surface area contributed by atoms with Crippen LogP contribution < -0.4 is 5.32 Å². The van der Waals surface area contributed by atoms with E-state index in [1.165, 1.54) is 6.42 Å². The predicted molar refractivity (Wildman–Crippen MR) is 95.5 cm³/mol. The van der Waals surface area contributed by atoms with Crippen LogP contribution in [-0.2, 0) is 0 Å². The van der Waals surface area contributed by atoms with E-state index in [-0.39, 0.29) is 0 Å². The summed E-state index contributed by atoms with van der Waals surface area (Å²) in [5, 5.41) is 3.47. The standard InChI is InChI=1S/C16H27N5S/c1-4-10-22-11-7-19-16(17-3)20-8-5-14(2)15(12-20)21-9-6-18-13-21/h4,6,9,13-15H,1,5,7-8,10-12H2,2-3H3,(H,17,19). The van der Waals surface area contributed by atoms with Gasteiger partial charge in [-0.1, -0.05) is 13.0 Å². The quantitative estimate of drug-likeness (QED) is 0.378. The first-order valence-electron chi connectivity index (χ1n) is 7.88. The lowest BCUT2D eigenvalue weighted by atomic mass is 9.93. The fourth-order valence-corrected chi connectivity index (χ4v) is 3.41. The number of likely N-dealkylation sites (tertiary alicyclic amines) is 1. The smallest absolute Gasteiger partial charge is 0.193 e. The van der Waals surface area contributed by atoms with Crippen molar-refractivity contribution < 1.29 is 0 Å². The monoisotopic (exact) mass is 321 g/mol. The number of nitrogens with zero attached hydrogens (tertiary/aromatic N) is 4. The van der Waals surface area contributed by atoms with E-state index in [1.54, 1.807) is 0 Å². The summed E-state index contributed by atoms with van der Waals surface area (Å²) < 4.78 is 2.23. The minimum absolute atomic E-state index is 0.463. The number of imidazole rings is 1. The Labute approximate surface area is 137 Å². The molecule has 0 bridgehead atoms. The second-order valence-corrected chi connectivity index (χ2v) is 6.78. The van der Waals surface area contributed by atoms with Crippen molar-refractivity contribution in [3.05, 3.63) is 31.4 Å². The van der Waals surface area contributed by atoms with E-state index in [4.69, 9.17) is 0 Å². The molecule has 1 aliphatic heterocycles. The molecule has 0 radical (unpaired) electrons. The predicted octanol–water partition coefficient (Wildman–Crippen LogP) is 2.26. The molecule has 5 nitrogen and oxygen atoms in total. The summed E-state index contributed by atoms with van der Waals surface area (Å²) in [6, 6.07) is 0.463. The van der Waals surface area contributed by atoms with Crippen LogP contribution in [0.15, 0.2) is 36.4 Å². The van der Waals surface area contributed by atoms with Crippen molar-refractivity contribution in [2.24, 2.45) is 10.9 Å². The summed E-state index contributed by atoms with van der Waals surface area (Å²) in [4.78, 5) is 11.0. The van der Waals surface area contributed by atoms with Gasteiger partial charge in [-0.25, -0.2) is 4.98 Å². The van der Waals surface area contributed by atoms with Gasteiger partial charge in [0.25, 0.3) is 0 Å². The molecule has 1 fully saturated rings. The van der Waals surface area contributed by atoms with Crippen LogP contribution in [0.3, 0.4) is 0 Å². The molecule has 0 saturated carbocycles. The number of aliphatic imine (C=N–C) groups is 1. The molecule has 2 heterocycles. The van der Waals surface area contributed by atoms with Gasteiger partial charge >= 0.3 is 0 Å². The number of piperidine rings is 1. The molecule has 0 spiro atoms. The number of nitrogens with one attached hydrogen (secondary N) is 1. The lowest BCUT2D eigenvalue weighted by Crippen LogP contribution is -2.49. The Kier molecular flexibility index (Phi) is 6.83. The SMILES string of the molecule is C=CCSCCNC(=NC)N1CCC(C)C(n2ccnc2)C1.